The third kappa shape index (κ3) is 3.66. The maximum Gasteiger partial charge on any atom is 0.488 e. The van der Waals surface area contributed by atoms with Gasteiger partial charge in [0.25, 0.3) is 5.91 Å². The van der Waals surface area contributed by atoms with Gasteiger partial charge in [-0.25, -0.2) is 0 Å². The van der Waals surface area contributed by atoms with Crippen molar-refractivity contribution < 1.29 is 21.3 Å². The van der Waals surface area contributed by atoms with Crippen LogP contribution in [0.5, 0.6) is 5.75 Å². The molecule has 1 saturated carbocycles. The lowest BCUT2D eigenvalue weighted by Crippen LogP contribution is -2.38. The number of hydrogen-bond acceptors (Lipinski definition) is 5. The van der Waals surface area contributed by atoms with Crippen LogP contribution in [0.3, 0.4) is 0 Å². The van der Waals surface area contributed by atoms with Gasteiger partial charge in [0.2, 0.25) is 0 Å². The lowest BCUT2D eigenvalue weighted by atomic mass is 10.2. The molecule has 1 aliphatic carbocycles. The molecule has 1 fully saturated rings. The largest absolute Gasteiger partial charge is 0.488 e. The Bertz CT molecular complexity index is 612. The van der Waals surface area contributed by atoms with Gasteiger partial charge in [-0.2, -0.15) is 8.42 Å². The molecule has 6 nitrogen and oxygen atoms in total. The van der Waals surface area contributed by atoms with Crippen molar-refractivity contribution in [3.05, 3.63) is 24.0 Å². The van der Waals surface area contributed by atoms with E-state index in [4.69, 9.17) is 0 Å². The molecule has 0 aromatic carbocycles. The molecule has 0 aliphatic heterocycles. The van der Waals surface area contributed by atoms with Crippen LogP contribution in [-0.4, -0.2) is 36.3 Å². The lowest BCUT2D eigenvalue weighted by molar-refractivity contribution is 0.0689. The average Bonchev–Trinajstić information content (AvgIpc) is 3.11. The van der Waals surface area contributed by atoms with Crippen molar-refractivity contribution in [3.8, 4) is 5.75 Å². The molecule has 1 amide bonds. The minimum atomic E-state index is -5.13. The van der Waals surface area contributed by atoms with E-state index in [0.29, 0.717) is 0 Å². The fourth-order valence-corrected chi connectivity index (χ4v) is 2.34. The number of amides is 1. The van der Waals surface area contributed by atoms with E-state index < -0.39 is 10.5 Å². The number of rotatable bonds is 5. The summed E-state index contributed by atoms with van der Waals surface area (Å²) in [5.74, 6) is -0.588. The Morgan fingerprint density at radius 2 is 2.10 bits per heavy atom. The standard InChI is InChI=1S/C12H15FN2O4S/c1-8(2)15(10-3-4-10)12(16)9-5-11(7-14-6-9)19-20(13,17)18/h5-8,10H,3-4H2,1-2H3. The van der Waals surface area contributed by atoms with E-state index in [9.17, 15) is 17.1 Å². The third-order valence-corrected chi connectivity index (χ3v) is 3.28. The molecule has 8 heteroatoms. The van der Waals surface area contributed by atoms with Crippen LogP contribution < -0.4 is 4.18 Å². The first kappa shape index (κ1) is 14.7. The molecule has 1 aliphatic rings. The average molecular weight is 302 g/mol. The van der Waals surface area contributed by atoms with E-state index in [1.807, 2.05) is 13.8 Å². The van der Waals surface area contributed by atoms with Crippen molar-refractivity contribution in [2.75, 3.05) is 0 Å². The summed E-state index contributed by atoms with van der Waals surface area (Å²) < 4.78 is 37.4. The molecule has 0 spiro atoms. The summed E-state index contributed by atoms with van der Waals surface area (Å²) in [5, 5.41) is 0. The van der Waals surface area contributed by atoms with Crippen LogP contribution in [0.25, 0.3) is 0 Å². The molecule has 2 rings (SSSR count). The quantitative estimate of drug-likeness (QED) is 0.774. The highest BCUT2D eigenvalue weighted by Gasteiger charge is 2.34. The highest BCUT2D eigenvalue weighted by Crippen LogP contribution is 2.30. The number of carbonyl (C=O) groups is 1. The van der Waals surface area contributed by atoms with E-state index in [0.717, 1.165) is 19.0 Å². The highest BCUT2D eigenvalue weighted by atomic mass is 32.3. The molecule has 20 heavy (non-hydrogen) atoms. The monoisotopic (exact) mass is 302 g/mol. The number of nitrogens with zero attached hydrogens (tertiary/aromatic N) is 2. The topological polar surface area (TPSA) is 76.6 Å². The summed E-state index contributed by atoms with van der Waals surface area (Å²) in [7, 11) is -5.13. The van der Waals surface area contributed by atoms with E-state index in [1.165, 1.54) is 12.3 Å². The normalized spacial score (nSPS) is 15.2. The molecular weight excluding hydrogens is 287 g/mol. The first-order valence-corrected chi connectivity index (χ1v) is 7.50. The van der Waals surface area contributed by atoms with Gasteiger partial charge < -0.3 is 9.08 Å². The van der Waals surface area contributed by atoms with Gasteiger partial charge in [-0.1, -0.05) is 3.89 Å². The van der Waals surface area contributed by atoms with Gasteiger partial charge in [0.05, 0.1) is 11.8 Å². The number of pyridine rings is 1. The van der Waals surface area contributed by atoms with Gasteiger partial charge in [0.1, 0.15) is 0 Å². The smallest absolute Gasteiger partial charge is 0.357 e. The second-order valence-electron chi connectivity index (χ2n) is 4.92. The van der Waals surface area contributed by atoms with Gasteiger partial charge in [0, 0.05) is 18.3 Å². The SMILES string of the molecule is CC(C)N(C(=O)c1cncc(OS(=O)(=O)F)c1)C1CC1. The molecule has 0 radical (unpaired) electrons. The molecular formula is C12H15FN2O4S. The molecule has 0 atom stereocenters. The maximum atomic E-state index is 12.5. The maximum absolute atomic E-state index is 12.5. The van der Waals surface area contributed by atoms with Crippen LogP contribution in [0.1, 0.15) is 37.0 Å². The van der Waals surface area contributed by atoms with Crippen molar-refractivity contribution in [1.29, 1.82) is 0 Å². The second kappa shape index (κ2) is 5.35. The summed E-state index contributed by atoms with van der Waals surface area (Å²) in [6.45, 7) is 3.80. The Morgan fingerprint density at radius 1 is 1.45 bits per heavy atom. The molecule has 0 unspecified atom stereocenters. The molecule has 110 valence electrons. The minimum absolute atomic E-state index is 0.0180. The van der Waals surface area contributed by atoms with E-state index >= 15 is 0 Å². The summed E-state index contributed by atoms with van der Waals surface area (Å²) in [6.07, 6.45) is 4.24. The van der Waals surface area contributed by atoms with Crippen molar-refractivity contribution >= 4 is 16.4 Å². The van der Waals surface area contributed by atoms with Gasteiger partial charge >= 0.3 is 10.5 Å². The van der Waals surface area contributed by atoms with Crippen LogP contribution in [-0.2, 0) is 10.5 Å². The Labute approximate surface area is 117 Å². The van der Waals surface area contributed by atoms with Gasteiger partial charge in [-0.15, -0.1) is 0 Å². The predicted molar refractivity (Wildman–Crippen MR) is 69.2 cm³/mol. The van der Waals surface area contributed by atoms with E-state index in [2.05, 4.69) is 9.17 Å². The van der Waals surface area contributed by atoms with Gasteiger partial charge in [-0.05, 0) is 32.8 Å². The molecule has 0 bridgehead atoms. The highest BCUT2D eigenvalue weighted by molar-refractivity contribution is 7.81. The zero-order valence-electron chi connectivity index (χ0n) is 11.1. The molecule has 0 saturated heterocycles. The Balaban J connectivity index is 2.23. The number of aromatic nitrogens is 1. The number of hydrogen-bond donors (Lipinski definition) is 0. The fourth-order valence-electron chi connectivity index (χ4n) is 2.02. The summed E-state index contributed by atoms with van der Waals surface area (Å²) in [4.78, 5) is 17.8. The van der Waals surface area contributed by atoms with Crippen molar-refractivity contribution in [1.82, 2.24) is 9.88 Å². The van der Waals surface area contributed by atoms with Crippen LogP contribution in [0.4, 0.5) is 3.89 Å². The minimum Gasteiger partial charge on any atom is -0.357 e. The van der Waals surface area contributed by atoms with Crippen molar-refractivity contribution in [2.45, 2.75) is 38.8 Å². The van der Waals surface area contributed by atoms with E-state index in [-0.39, 0.29) is 29.3 Å². The Morgan fingerprint density at radius 3 is 2.60 bits per heavy atom. The molecule has 1 aromatic heterocycles. The van der Waals surface area contributed by atoms with Crippen LogP contribution in [0.15, 0.2) is 18.5 Å². The molecule has 0 N–H and O–H groups in total. The van der Waals surface area contributed by atoms with Crippen molar-refractivity contribution in [3.63, 3.8) is 0 Å². The lowest BCUT2D eigenvalue weighted by Gasteiger charge is -2.26. The Hall–Kier alpha value is -1.70. The second-order valence-corrected chi connectivity index (χ2v) is 5.88. The molecule has 1 heterocycles. The zero-order valence-corrected chi connectivity index (χ0v) is 11.9. The van der Waals surface area contributed by atoms with Crippen LogP contribution in [0, 0.1) is 0 Å². The fraction of sp³-hybridized carbons (Fsp3) is 0.500. The number of carbonyl (C=O) groups excluding carboxylic acids is 1. The third-order valence-electron chi connectivity index (χ3n) is 2.89. The summed E-state index contributed by atoms with van der Waals surface area (Å²) >= 11 is 0. The summed E-state index contributed by atoms with van der Waals surface area (Å²) in [6, 6.07) is 1.39. The molecule has 1 aromatic rings. The van der Waals surface area contributed by atoms with Gasteiger partial charge in [-0.3, -0.25) is 9.78 Å². The van der Waals surface area contributed by atoms with Gasteiger partial charge in [0.15, 0.2) is 5.75 Å². The van der Waals surface area contributed by atoms with Crippen molar-refractivity contribution in [2.24, 2.45) is 0 Å². The van der Waals surface area contributed by atoms with Crippen LogP contribution >= 0.6 is 0 Å². The number of halogens is 1. The first-order valence-electron chi connectivity index (χ1n) is 6.19. The zero-order chi connectivity index (χ0) is 14.9. The first-order chi connectivity index (χ1) is 9.28. The Kier molecular flexibility index (Phi) is 3.94. The summed E-state index contributed by atoms with van der Waals surface area (Å²) in [5.41, 5.74) is 0.173. The van der Waals surface area contributed by atoms with Crippen LogP contribution in [0.2, 0.25) is 0 Å². The van der Waals surface area contributed by atoms with E-state index in [1.54, 1.807) is 4.90 Å². The predicted octanol–water partition coefficient (Wildman–Crippen LogP) is 1.69.